The van der Waals surface area contributed by atoms with Gasteiger partial charge in [-0.15, -0.1) is 0 Å². The SMILES string of the molecule is CC(C)CN1CC2(CN(Cc3ccccc3)CC2c2nc(C3CC3)n[nH]2)C1. The van der Waals surface area contributed by atoms with Gasteiger partial charge in [-0.05, 0) is 24.3 Å². The van der Waals surface area contributed by atoms with Gasteiger partial charge in [-0.25, -0.2) is 4.98 Å². The van der Waals surface area contributed by atoms with Gasteiger partial charge in [0.2, 0.25) is 0 Å². The van der Waals surface area contributed by atoms with E-state index < -0.39 is 0 Å². The minimum atomic E-state index is 0.337. The Hall–Kier alpha value is -1.72. The molecule has 27 heavy (non-hydrogen) atoms. The Morgan fingerprint density at radius 2 is 1.85 bits per heavy atom. The minimum Gasteiger partial charge on any atom is -0.302 e. The van der Waals surface area contributed by atoms with E-state index in [1.807, 2.05) is 0 Å². The van der Waals surface area contributed by atoms with Crippen molar-refractivity contribution in [2.75, 3.05) is 32.7 Å². The summed E-state index contributed by atoms with van der Waals surface area (Å²) in [4.78, 5) is 10.2. The van der Waals surface area contributed by atoms with Crippen LogP contribution >= 0.6 is 0 Å². The zero-order valence-electron chi connectivity index (χ0n) is 16.6. The highest BCUT2D eigenvalue weighted by Gasteiger charge is 2.55. The molecular weight excluding hydrogens is 334 g/mol. The normalized spacial score (nSPS) is 25.4. The summed E-state index contributed by atoms with van der Waals surface area (Å²) in [5.41, 5.74) is 1.74. The van der Waals surface area contributed by atoms with Crippen molar-refractivity contribution >= 4 is 0 Å². The number of aromatic nitrogens is 3. The van der Waals surface area contributed by atoms with Crippen LogP contribution in [0.2, 0.25) is 0 Å². The topological polar surface area (TPSA) is 48.1 Å². The molecule has 0 amide bonds. The van der Waals surface area contributed by atoms with Crippen LogP contribution in [0.5, 0.6) is 0 Å². The van der Waals surface area contributed by atoms with Crippen molar-refractivity contribution in [1.29, 1.82) is 0 Å². The first-order chi connectivity index (χ1) is 13.1. The average Bonchev–Trinajstić information content (AvgIpc) is 3.23. The second-order valence-corrected chi connectivity index (χ2v) is 9.49. The molecule has 5 rings (SSSR count). The van der Waals surface area contributed by atoms with Crippen LogP contribution in [-0.2, 0) is 6.54 Å². The fraction of sp³-hybridized carbons (Fsp3) is 0.636. The lowest BCUT2D eigenvalue weighted by Gasteiger charge is -2.51. The molecule has 2 saturated heterocycles. The van der Waals surface area contributed by atoms with Crippen LogP contribution in [0.25, 0.3) is 0 Å². The van der Waals surface area contributed by atoms with Crippen LogP contribution in [-0.4, -0.2) is 57.7 Å². The van der Waals surface area contributed by atoms with E-state index in [4.69, 9.17) is 4.98 Å². The molecule has 1 spiro atoms. The Bertz CT molecular complexity index is 773. The second kappa shape index (κ2) is 6.71. The molecule has 5 nitrogen and oxygen atoms in total. The summed E-state index contributed by atoms with van der Waals surface area (Å²) in [6.07, 6.45) is 2.52. The molecule has 0 bridgehead atoms. The molecule has 3 fully saturated rings. The first-order valence-corrected chi connectivity index (χ1v) is 10.5. The molecule has 1 aliphatic carbocycles. The van der Waals surface area contributed by atoms with Crippen LogP contribution in [0.1, 0.15) is 55.7 Å². The Kier molecular flexibility index (Phi) is 4.32. The van der Waals surface area contributed by atoms with E-state index in [-0.39, 0.29) is 0 Å². The Morgan fingerprint density at radius 1 is 1.11 bits per heavy atom. The molecule has 2 aromatic rings. The van der Waals surface area contributed by atoms with Crippen molar-refractivity contribution in [2.24, 2.45) is 11.3 Å². The molecule has 5 heteroatoms. The quantitative estimate of drug-likeness (QED) is 0.854. The van der Waals surface area contributed by atoms with E-state index in [1.165, 1.54) is 44.6 Å². The first kappa shape index (κ1) is 17.4. The molecule has 1 atom stereocenters. The fourth-order valence-corrected chi connectivity index (χ4v) is 5.19. The number of aromatic amines is 1. The number of benzene rings is 1. The maximum absolute atomic E-state index is 4.95. The summed E-state index contributed by atoms with van der Waals surface area (Å²) in [5.74, 6) is 4.02. The van der Waals surface area contributed by atoms with Crippen molar-refractivity contribution in [3.05, 3.63) is 47.5 Å². The molecule has 144 valence electrons. The van der Waals surface area contributed by atoms with Gasteiger partial charge >= 0.3 is 0 Å². The van der Waals surface area contributed by atoms with E-state index in [0.29, 0.717) is 17.3 Å². The van der Waals surface area contributed by atoms with Crippen molar-refractivity contribution in [3.63, 3.8) is 0 Å². The maximum Gasteiger partial charge on any atom is 0.153 e. The standard InChI is InChI=1S/C22H31N5/c1-16(2)10-27-14-22(15-27)13-26(11-17-6-4-3-5-7-17)12-19(22)21-23-20(24-25-21)18-8-9-18/h3-7,16,18-19H,8-15H2,1-2H3,(H,23,24,25). The number of likely N-dealkylation sites (tertiary alicyclic amines) is 2. The Balaban J connectivity index is 1.35. The van der Waals surface area contributed by atoms with Crippen LogP contribution in [0.3, 0.4) is 0 Å². The number of hydrogen-bond donors (Lipinski definition) is 1. The third-order valence-electron chi connectivity index (χ3n) is 6.46. The van der Waals surface area contributed by atoms with Gasteiger partial charge in [-0.1, -0.05) is 44.2 Å². The zero-order valence-corrected chi connectivity index (χ0v) is 16.6. The van der Waals surface area contributed by atoms with Crippen LogP contribution < -0.4 is 0 Å². The van der Waals surface area contributed by atoms with Gasteiger partial charge in [-0.2, -0.15) is 5.10 Å². The molecular formula is C22H31N5. The molecule has 0 radical (unpaired) electrons. The highest BCUT2D eigenvalue weighted by molar-refractivity contribution is 5.21. The predicted molar refractivity (Wildman–Crippen MR) is 107 cm³/mol. The monoisotopic (exact) mass is 365 g/mol. The van der Waals surface area contributed by atoms with Crippen LogP contribution in [0, 0.1) is 11.3 Å². The van der Waals surface area contributed by atoms with Gasteiger partial charge in [0, 0.05) is 56.5 Å². The van der Waals surface area contributed by atoms with E-state index >= 15 is 0 Å². The summed E-state index contributed by atoms with van der Waals surface area (Å²) < 4.78 is 0. The van der Waals surface area contributed by atoms with E-state index in [0.717, 1.165) is 30.7 Å². The molecule has 1 N–H and O–H groups in total. The van der Waals surface area contributed by atoms with Gasteiger partial charge in [-0.3, -0.25) is 10.00 Å². The highest BCUT2D eigenvalue weighted by Crippen LogP contribution is 2.49. The summed E-state index contributed by atoms with van der Waals surface area (Å²) in [6.45, 7) is 11.5. The van der Waals surface area contributed by atoms with Crippen molar-refractivity contribution in [1.82, 2.24) is 25.0 Å². The lowest BCUT2D eigenvalue weighted by atomic mass is 9.71. The molecule has 3 aliphatic rings. The maximum atomic E-state index is 4.95. The van der Waals surface area contributed by atoms with E-state index in [2.05, 4.69) is 64.2 Å². The lowest BCUT2D eigenvalue weighted by molar-refractivity contribution is -0.0121. The molecule has 1 unspecified atom stereocenters. The van der Waals surface area contributed by atoms with Crippen molar-refractivity contribution < 1.29 is 0 Å². The van der Waals surface area contributed by atoms with Crippen LogP contribution in [0.4, 0.5) is 0 Å². The van der Waals surface area contributed by atoms with E-state index in [9.17, 15) is 0 Å². The molecule has 1 aromatic carbocycles. The van der Waals surface area contributed by atoms with Crippen LogP contribution in [0.15, 0.2) is 30.3 Å². The summed E-state index contributed by atoms with van der Waals surface area (Å²) >= 11 is 0. The minimum absolute atomic E-state index is 0.337. The second-order valence-electron chi connectivity index (χ2n) is 9.49. The summed E-state index contributed by atoms with van der Waals surface area (Å²) in [5, 5.41) is 7.88. The Morgan fingerprint density at radius 3 is 2.56 bits per heavy atom. The predicted octanol–water partition coefficient (Wildman–Crippen LogP) is 3.24. The van der Waals surface area contributed by atoms with Crippen molar-refractivity contribution in [2.45, 2.75) is 45.1 Å². The van der Waals surface area contributed by atoms with Gasteiger partial charge in [0.15, 0.2) is 5.82 Å². The third kappa shape index (κ3) is 3.43. The first-order valence-electron chi connectivity index (χ1n) is 10.5. The fourth-order valence-electron chi connectivity index (χ4n) is 5.19. The zero-order chi connectivity index (χ0) is 18.4. The van der Waals surface area contributed by atoms with E-state index in [1.54, 1.807) is 0 Å². The Labute approximate surface area is 162 Å². The molecule has 2 aliphatic heterocycles. The van der Waals surface area contributed by atoms with Gasteiger partial charge in [0.25, 0.3) is 0 Å². The van der Waals surface area contributed by atoms with Gasteiger partial charge < -0.3 is 4.90 Å². The molecule has 1 aromatic heterocycles. The average molecular weight is 366 g/mol. The largest absolute Gasteiger partial charge is 0.302 e. The van der Waals surface area contributed by atoms with Crippen molar-refractivity contribution in [3.8, 4) is 0 Å². The van der Waals surface area contributed by atoms with Gasteiger partial charge in [0.05, 0.1) is 0 Å². The number of hydrogen-bond acceptors (Lipinski definition) is 4. The number of nitrogens with zero attached hydrogens (tertiary/aromatic N) is 4. The third-order valence-corrected chi connectivity index (χ3v) is 6.46. The number of nitrogens with one attached hydrogen (secondary N) is 1. The number of rotatable bonds is 6. The smallest absolute Gasteiger partial charge is 0.153 e. The highest BCUT2D eigenvalue weighted by atomic mass is 15.3. The molecule has 3 heterocycles. The van der Waals surface area contributed by atoms with Gasteiger partial charge in [0.1, 0.15) is 5.82 Å². The number of H-pyrrole nitrogens is 1. The summed E-state index contributed by atoms with van der Waals surface area (Å²) in [7, 11) is 0. The summed E-state index contributed by atoms with van der Waals surface area (Å²) in [6, 6.07) is 10.9. The lowest BCUT2D eigenvalue weighted by Crippen LogP contribution is -2.60. The molecule has 1 saturated carbocycles.